The summed E-state index contributed by atoms with van der Waals surface area (Å²) in [7, 11) is 0. The summed E-state index contributed by atoms with van der Waals surface area (Å²) in [6.45, 7) is 6.00. The molecule has 2 aliphatic heterocycles. The fourth-order valence-corrected chi connectivity index (χ4v) is 5.04. The van der Waals surface area contributed by atoms with Crippen molar-refractivity contribution in [1.29, 1.82) is 5.26 Å². The SMILES string of the molecule is CC1(C)C[C@H](Nc2nc(Nc3ccc(OCCCO)c(C#N)c3)ncc2F)C[C@H]2CCCN21. The number of rotatable bonds is 8. The highest BCUT2D eigenvalue weighted by Crippen LogP contribution is 2.38. The predicted octanol–water partition coefficient (Wildman–Crippen LogP) is 3.81. The van der Waals surface area contributed by atoms with E-state index in [1.165, 1.54) is 12.8 Å². The number of ether oxygens (including phenoxy) is 1. The second-order valence-corrected chi connectivity index (χ2v) is 9.35. The molecule has 1 aromatic carbocycles. The van der Waals surface area contributed by atoms with Crippen LogP contribution in [0.15, 0.2) is 24.4 Å². The molecule has 4 rings (SSSR count). The highest BCUT2D eigenvalue weighted by molar-refractivity contribution is 5.61. The molecule has 2 fully saturated rings. The standard InChI is InChI=1S/C24H31FN6O2/c1-24(2)13-18(12-19-5-3-8-31(19)24)28-22-20(25)15-27-23(30-22)29-17-6-7-21(16(11-17)14-26)33-10-4-9-32/h6-7,11,15,18-19,32H,3-5,8-10,12-13H2,1-2H3,(H2,27,28,29,30)/t18-,19-/m1/s1. The zero-order valence-corrected chi connectivity index (χ0v) is 19.1. The van der Waals surface area contributed by atoms with E-state index in [1.54, 1.807) is 18.2 Å². The third-order valence-corrected chi connectivity index (χ3v) is 6.46. The molecule has 176 valence electrons. The number of aromatic nitrogens is 2. The van der Waals surface area contributed by atoms with E-state index in [0.717, 1.165) is 25.6 Å². The van der Waals surface area contributed by atoms with Crippen LogP contribution in [0.25, 0.3) is 0 Å². The maximum absolute atomic E-state index is 14.5. The lowest BCUT2D eigenvalue weighted by atomic mass is 9.84. The van der Waals surface area contributed by atoms with Crippen LogP contribution in [0.2, 0.25) is 0 Å². The van der Waals surface area contributed by atoms with Gasteiger partial charge in [-0.1, -0.05) is 0 Å². The van der Waals surface area contributed by atoms with E-state index < -0.39 is 5.82 Å². The van der Waals surface area contributed by atoms with E-state index in [0.29, 0.717) is 36.1 Å². The van der Waals surface area contributed by atoms with Crippen LogP contribution in [0.5, 0.6) is 5.75 Å². The maximum atomic E-state index is 14.5. The zero-order valence-electron chi connectivity index (χ0n) is 19.1. The average molecular weight is 455 g/mol. The van der Waals surface area contributed by atoms with Crippen LogP contribution in [0.1, 0.15) is 51.5 Å². The molecule has 2 aromatic rings. The topological polar surface area (TPSA) is 106 Å². The molecular formula is C24H31FN6O2. The molecule has 3 N–H and O–H groups in total. The Bertz CT molecular complexity index is 1020. The van der Waals surface area contributed by atoms with Crippen LogP contribution in [-0.4, -0.2) is 57.4 Å². The summed E-state index contributed by atoms with van der Waals surface area (Å²) in [5.41, 5.74) is 1.01. The number of hydrogen-bond acceptors (Lipinski definition) is 8. The first-order chi connectivity index (χ1) is 15.9. The van der Waals surface area contributed by atoms with E-state index in [2.05, 4.69) is 45.4 Å². The number of nitriles is 1. The summed E-state index contributed by atoms with van der Waals surface area (Å²) in [6, 6.07) is 7.82. The molecular weight excluding hydrogens is 423 g/mol. The Kier molecular flexibility index (Phi) is 6.96. The molecule has 0 radical (unpaired) electrons. The van der Waals surface area contributed by atoms with E-state index >= 15 is 0 Å². The van der Waals surface area contributed by atoms with Gasteiger partial charge in [-0.2, -0.15) is 10.2 Å². The molecule has 33 heavy (non-hydrogen) atoms. The Morgan fingerprint density at radius 1 is 1.39 bits per heavy atom. The zero-order chi connectivity index (χ0) is 23.4. The van der Waals surface area contributed by atoms with Gasteiger partial charge in [-0.25, -0.2) is 9.37 Å². The summed E-state index contributed by atoms with van der Waals surface area (Å²) in [4.78, 5) is 11.0. The van der Waals surface area contributed by atoms with Gasteiger partial charge in [0, 0.05) is 36.3 Å². The van der Waals surface area contributed by atoms with E-state index in [9.17, 15) is 9.65 Å². The number of piperidine rings is 1. The smallest absolute Gasteiger partial charge is 0.229 e. The van der Waals surface area contributed by atoms with Crippen molar-refractivity contribution in [2.24, 2.45) is 0 Å². The van der Waals surface area contributed by atoms with Gasteiger partial charge in [0.2, 0.25) is 5.95 Å². The van der Waals surface area contributed by atoms with E-state index in [4.69, 9.17) is 9.84 Å². The van der Waals surface area contributed by atoms with Gasteiger partial charge in [-0.05, 0) is 64.3 Å². The number of halogens is 1. The molecule has 0 amide bonds. The highest BCUT2D eigenvalue weighted by atomic mass is 19.1. The van der Waals surface area contributed by atoms with Gasteiger partial charge in [0.15, 0.2) is 11.6 Å². The first-order valence-electron chi connectivity index (χ1n) is 11.5. The number of nitrogens with one attached hydrogen (secondary N) is 2. The van der Waals surface area contributed by atoms with Crippen molar-refractivity contribution in [2.45, 2.75) is 63.6 Å². The number of benzene rings is 1. The normalized spacial score (nSPS) is 21.8. The van der Waals surface area contributed by atoms with E-state index in [1.807, 2.05) is 0 Å². The summed E-state index contributed by atoms with van der Waals surface area (Å²) >= 11 is 0. The lowest BCUT2D eigenvalue weighted by Gasteiger charge is -2.47. The Balaban J connectivity index is 1.46. The third-order valence-electron chi connectivity index (χ3n) is 6.46. The molecule has 2 saturated heterocycles. The molecule has 2 atom stereocenters. The van der Waals surface area contributed by atoms with Crippen molar-refractivity contribution in [1.82, 2.24) is 14.9 Å². The number of aliphatic hydroxyl groups is 1. The van der Waals surface area contributed by atoms with Crippen LogP contribution in [0.4, 0.5) is 21.8 Å². The van der Waals surface area contributed by atoms with Crippen LogP contribution in [0, 0.1) is 17.1 Å². The fourth-order valence-electron chi connectivity index (χ4n) is 5.04. The van der Waals surface area contributed by atoms with Crippen LogP contribution in [0.3, 0.4) is 0 Å². The fraction of sp³-hybridized carbons (Fsp3) is 0.542. The quantitative estimate of drug-likeness (QED) is 0.517. The molecule has 0 unspecified atom stereocenters. The molecule has 8 nitrogen and oxygen atoms in total. The number of aliphatic hydroxyl groups excluding tert-OH is 1. The number of anilines is 3. The second-order valence-electron chi connectivity index (χ2n) is 9.35. The molecule has 3 heterocycles. The number of fused-ring (bicyclic) bond motifs is 1. The average Bonchev–Trinajstić information content (AvgIpc) is 3.26. The van der Waals surface area contributed by atoms with Crippen molar-refractivity contribution in [3.63, 3.8) is 0 Å². The lowest BCUT2D eigenvalue weighted by molar-refractivity contribution is 0.0500. The van der Waals surface area contributed by atoms with Gasteiger partial charge >= 0.3 is 0 Å². The van der Waals surface area contributed by atoms with E-state index in [-0.39, 0.29) is 30.0 Å². The third kappa shape index (κ3) is 5.34. The first-order valence-corrected chi connectivity index (χ1v) is 11.5. The highest BCUT2D eigenvalue weighted by Gasteiger charge is 2.43. The van der Waals surface area contributed by atoms with Crippen LogP contribution in [-0.2, 0) is 0 Å². The minimum absolute atomic E-state index is 0.0249. The van der Waals surface area contributed by atoms with Crippen molar-refractivity contribution < 1.29 is 14.2 Å². The molecule has 0 saturated carbocycles. The summed E-state index contributed by atoms with van der Waals surface area (Å²) in [6.07, 6.45) is 5.93. The lowest BCUT2D eigenvalue weighted by Crippen LogP contribution is -2.55. The Morgan fingerprint density at radius 2 is 2.24 bits per heavy atom. The molecule has 9 heteroatoms. The number of nitrogens with zero attached hydrogens (tertiary/aromatic N) is 4. The van der Waals surface area contributed by atoms with Crippen molar-refractivity contribution in [3.05, 3.63) is 35.8 Å². The Hall–Kier alpha value is -2.96. The first kappa shape index (κ1) is 23.2. The largest absolute Gasteiger partial charge is 0.492 e. The van der Waals surface area contributed by atoms with Crippen molar-refractivity contribution >= 4 is 17.5 Å². The summed E-state index contributed by atoms with van der Waals surface area (Å²) < 4.78 is 20.1. The van der Waals surface area contributed by atoms with Gasteiger partial charge in [0.05, 0.1) is 18.4 Å². The van der Waals surface area contributed by atoms with Gasteiger partial charge in [0.1, 0.15) is 11.8 Å². The minimum atomic E-state index is -0.488. The summed E-state index contributed by atoms with van der Waals surface area (Å²) in [5.74, 6) is 0.385. The van der Waals surface area contributed by atoms with Gasteiger partial charge in [0.25, 0.3) is 0 Å². The van der Waals surface area contributed by atoms with Gasteiger partial charge in [-0.3, -0.25) is 4.90 Å². The van der Waals surface area contributed by atoms with Crippen molar-refractivity contribution in [3.8, 4) is 11.8 Å². The minimum Gasteiger partial charge on any atom is -0.492 e. The maximum Gasteiger partial charge on any atom is 0.229 e. The molecule has 1 aromatic heterocycles. The van der Waals surface area contributed by atoms with Gasteiger partial charge < -0.3 is 20.5 Å². The Labute approximate surface area is 193 Å². The van der Waals surface area contributed by atoms with Crippen LogP contribution < -0.4 is 15.4 Å². The van der Waals surface area contributed by atoms with Gasteiger partial charge in [-0.15, -0.1) is 0 Å². The predicted molar refractivity (Wildman–Crippen MR) is 124 cm³/mol. The second kappa shape index (κ2) is 9.89. The monoisotopic (exact) mass is 454 g/mol. The number of hydrogen-bond donors (Lipinski definition) is 3. The Morgan fingerprint density at radius 3 is 3.03 bits per heavy atom. The summed E-state index contributed by atoms with van der Waals surface area (Å²) in [5, 5.41) is 24.7. The molecule has 0 bridgehead atoms. The van der Waals surface area contributed by atoms with Crippen molar-refractivity contribution in [2.75, 3.05) is 30.4 Å². The molecule has 2 aliphatic rings. The van der Waals surface area contributed by atoms with Crippen LogP contribution >= 0.6 is 0 Å². The molecule has 0 spiro atoms. The molecule has 0 aliphatic carbocycles.